The van der Waals surface area contributed by atoms with Crippen molar-refractivity contribution in [1.82, 2.24) is 10.6 Å². The molecule has 4 nitrogen and oxygen atoms in total. The number of amides is 1. The first-order chi connectivity index (χ1) is 9.43. The molecule has 0 radical (unpaired) electrons. The van der Waals surface area contributed by atoms with Crippen LogP contribution in [0, 0.1) is 13.8 Å². The highest BCUT2D eigenvalue weighted by Gasteiger charge is 2.08. The Morgan fingerprint density at radius 2 is 1.85 bits per heavy atom. The molecule has 0 unspecified atom stereocenters. The highest BCUT2D eigenvalue weighted by Crippen LogP contribution is 2.24. The van der Waals surface area contributed by atoms with Crippen molar-refractivity contribution in [1.29, 1.82) is 0 Å². The number of carbonyl (C=O) groups is 1. The predicted molar refractivity (Wildman–Crippen MR) is 82.1 cm³/mol. The first-order valence-corrected chi connectivity index (χ1v) is 7.11. The molecule has 0 aromatic heterocycles. The molecule has 4 heteroatoms. The third-order valence-corrected chi connectivity index (χ3v) is 2.93. The zero-order valence-electron chi connectivity index (χ0n) is 13.2. The Balaban J connectivity index is 2.58. The number of ether oxygens (including phenoxy) is 1. The fraction of sp³-hybridized carbons (Fsp3) is 0.562. The first-order valence-electron chi connectivity index (χ1n) is 7.11. The van der Waals surface area contributed by atoms with Crippen molar-refractivity contribution in [2.24, 2.45) is 0 Å². The number of hydrogen-bond acceptors (Lipinski definition) is 3. The van der Waals surface area contributed by atoms with Crippen molar-refractivity contribution in [3.63, 3.8) is 0 Å². The molecule has 112 valence electrons. The van der Waals surface area contributed by atoms with Gasteiger partial charge in [0.2, 0.25) is 5.91 Å². The lowest BCUT2D eigenvalue weighted by molar-refractivity contribution is -0.122. The number of carbonyl (C=O) groups excluding carboxylic acids is 1. The van der Waals surface area contributed by atoms with E-state index in [0.29, 0.717) is 13.0 Å². The van der Waals surface area contributed by atoms with Gasteiger partial charge in [0.25, 0.3) is 0 Å². The van der Waals surface area contributed by atoms with Gasteiger partial charge < -0.3 is 15.4 Å². The maximum Gasteiger partial charge on any atom is 0.223 e. The zero-order valence-corrected chi connectivity index (χ0v) is 13.2. The second kappa shape index (κ2) is 7.90. The van der Waals surface area contributed by atoms with Crippen molar-refractivity contribution < 1.29 is 9.53 Å². The van der Waals surface area contributed by atoms with Crippen LogP contribution in [0.5, 0.6) is 5.75 Å². The van der Waals surface area contributed by atoms with Gasteiger partial charge in [0.15, 0.2) is 0 Å². The minimum atomic E-state index is 0.0297. The lowest BCUT2D eigenvalue weighted by Crippen LogP contribution is -2.31. The van der Waals surface area contributed by atoms with E-state index in [0.717, 1.165) is 23.4 Å². The minimum absolute atomic E-state index is 0.0297. The van der Waals surface area contributed by atoms with E-state index >= 15 is 0 Å². The topological polar surface area (TPSA) is 50.4 Å². The lowest BCUT2D eigenvalue weighted by atomic mass is 10.1. The summed E-state index contributed by atoms with van der Waals surface area (Å²) in [6, 6.07) is 4.41. The Morgan fingerprint density at radius 3 is 2.35 bits per heavy atom. The second-order valence-corrected chi connectivity index (χ2v) is 5.41. The van der Waals surface area contributed by atoms with Crippen molar-refractivity contribution in [3.8, 4) is 5.75 Å². The summed E-state index contributed by atoms with van der Waals surface area (Å²) in [6.45, 7) is 9.23. The average molecular weight is 278 g/mol. The molecule has 0 aliphatic heterocycles. The van der Waals surface area contributed by atoms with Crippen LogP contribution in [-0.4, -0.2) is 25.6 Å². The van der Waals surface area contributed by atoms with Crippen LogP contribution in [-0.2, 0) is 11.3 Å². The van der Waals surface area contributed by atoms with Crippen LogP contribution in [0.15, 0.2) is 12.1 Å². The molecule has 0 atom stereocenters. The summed E-state index contributed by atoms with van der Waals surface area (Å²) in [6.07, 6.45) is 0.384. The van der Waals surface area contributed by atoms with Gasteiger partial charge in [-0.1, -0.05) is 12.1 Å². The quantitative estimate of drug-likeness (QED) is 0.805. The maximum absolute atomic E-state index is 11.6. The predicted octanol–water partition coefficient (Wildman–Crippen LogP) is 2.32. The summed E-state index contributed by atoms with van der Waals surface area (Å²) in [5.74, 6) is 0.921. The normalized spacial score (nSPS) is 10.7. The summed E-state index contributed by atoms with van der Waals surface area (Å²) in [5.41, 5.74) is 3.46. The van der Waals surface area contributed by atoms with E-state index in [1.54, 1.807) is 0 Å². The highest BCUT2D eigenvalue weighted by molar-refractivity contribution is 5.76. The van der Waals surface area contributed by atoms with Crippen LogP contribution < -0.4 is 15.4 Å². The van der Waals surface area contributed by atoms with Crippen molar-refractivity contribution in [2.45, 2.75) is 46.7 Å². The van der Waals surface area contributed by atoms with Gasteiger partial charge in [-0.3, -0.25) is 4.79 Å². The van der Waals surface area contributed by atoms with Crippen LogP contribution in [0.25, 0.3) is 0 Å². The molecule has 0 aliphatic carbocycles. The molecule has 0 saturated heterocycles. The summed E-state index contributed by atoms with van der Waals surface area (Å²) in [4.78, 5) is 11.6. The van der Waals surface area contributed by atoms with Crippen LogP contribution in [0.3, 0.4) is 0 Å². The standard InChI is InChI=1S/C16H26N2O2/c1-11(2)18-15(19)6-7-20-16-12(3)8-14(10-17-5)9-13(16)4/h8-9,11,17H,6-7,10H2,1-5H3,(H,18,19). The molecule has 0 fully saturated rings. The molecule has 1 aromatic rings. The molecule has 0 aliphatic rings. The monoisotopic (exact) mass is 278 g/mol. The summed E-state index contributed by atoms with van der Waals surface area (Å²) < 4.78 is 5.77. The van der Waals surface area contributed by atoms with Gasteiger partial charge in [-0.05, 0) is 51.4 Å². The fourth-order valence-electron chi connectivity index (χ4n) is 2.21. The molecule has 1 rings (SSSR count). The molecule has 0 heterocycles. The first kappa shape index (κ1) is 16.5. The van der Waals surface area contributed by atoms with Gasteiger partial charge in [-0.25, -0.2) is 0 Å². The van der Waals surface area contributed by atoms with Gasteiger partial charge in [-0.15, -0.1) is 0 Å². The second-order valence-electron chi connectivity index (χ2n) is 5.41. The third-order valence-electron chi connectivity index (χ3n) is 2.93. The molecule has 20 heavy (non-hydrogen) atoms. The average Bonchev–Trinajstić information content (AvgIpc) is 2.32. The Labute approximate surface area is 121 Å². The van der Waals surface area contributed by atoms with Gasteiger partial charge in [0, 0.05) is 12.6 Å². The van der Waals surface area contributed by atoms with Crippen molar-refractivity contribution in [3.05, 3.63) is 28.8 Å². The molecule has 2 N–H and O–H groups in total. The molecule has 1 amide bonds. The van der Waals surface area contributed by atoms with E-state index < -0.39 is 0 Å². The Morgan fingerprint density at radius 1 is 1.25 bits per heavy atom. The molecule has 0 spiro atoms. The largest absolute Gasteiger partial charge is 0.493 e. The molecular formula is C16H26N2O2. The van der Waals surface area contributed by atoms with Gasteiger partial charge >= 0.3 is 0 Å². The molecule has 0 saturated carbocycles. The Kier molecular flexibility index (Phi) is 6.52. The van der Waals surface area contributed by atoms with E-state index in [4.69, 9.17) is 4.74 Å². The van der Waals surface area contributed by atoms with Crippen LogP contribution in [0.1, 0.15) is 37.0 Å². The van der Waals surface area contributed by atoms with E-state index in [2.05, 4.69) is 22.8 Å². The number of nitrogens with one attached hydrogen (secondary N) is 2. The van der Waals surface area contributed by atoms with Gasteiger partial charge in [0.05, 0.1) is 13.0 Å². The SMILES string of the molecule is CNCc1cc(C)c(OCCC(=O)NC(C)C)c(C)c1. The summed E-state index contributed by atoms with van der Waals surface area (Å²) in [7, 11) is 1.93. The number of benzene rings is 1. The third kappa shape index (κ3) is 5.21. The molecule has 1 aromatic carbocycles. The Bertz CT molecular complexity index is 433. The van der Waals surface area contributed by atoms with Crippen molar-refractivity contribution in [2.75, 3.05) is 13.7 Å². The van der Waals surface area contributed by atoms with E-state index in [9.17, 15) is 4.79 Å². The van der Waals surface area contributed by atoms with Gasteiger partial charge in [0.1, 0.15) is 5.75 Å². The fourth-order valence-corrected chi connectivity index (χ4v) is 2.21. The van der Waals surface area contributed by atoms with E-state index in [1.807, 2.05) is 34.7 Å². The minimum Gasteiger partial charge on any atom is -0.493 e. The summed E-state index contributed by atoms with van der Waals surface area (Å²) >= 11 is 0. The van der Waals surface area contributed by atoms with E-state index in [-0.39, 0.29) is 11.9 Å². The van der Waals surface area contributed by atoms with Crippen molar-refractivity contribution >= 4 is 5.91 Å². The lowest BCUT2D eigenvalue weighted by Gasteiger charge is -2.14. The zero-order chi connectivity index (χ0) is 15.1. The number of rotatable bonds is 7. The van der Waals surface area contributed by atoms with Crippen LogP contribution in [0.4, 0.5) is 0 Å². The summed E-state index contributed by atoms with van der Waals surface area (Å²) in [5, 5.41) is 6.00. The number of hydrogen-bond donors (Lipinski definition) is 2. The van der Waals surface area contributed by atoms with Crippen LogP contribution >= 0.6 is 0 Å². The Hall–Kier alpha value is -1.55. The van der Waals surface area contributed by atoms with E-state index in [1.165, 1.54) is 5.56 Å². The van der Waals surface area contributed by atoms with Gasteiger partial charge in [-0.2, -0.15) is 0 Å². The highest BCUT2D eigenvalue weighted by atomic mass is 16.5. The maximum atomic E-state index is 11.6. The molecular weight excluding hydrogens is 252 g/mol. The molecule has 0 bridgehead atoms. The van der Waals surface area contributed by atoms with Crippen LogP contribution in [0.2, 0.25) is 0 Å². The number of aryl methyl sites for hydroxylation is 2. The smallest absolute Gasteiger partial charge is 0.223 e.